The summed E-state index contributed by atoms with van der Waals surface area (Å²) in [5, 5.41) is 1.27. The standard InChI is InChI=1S/C24H19FN4OS/c25-16-8-6-15(7-9-16)21-22-23(31-28-21)24(30)29(13-26-22)12-14-5-10-20-18(11-14)17-3-1-2-4-19(17)27-20/h5-11,13,27H,1-4,12H2. The lowest BCUT2D eigenvalue weighted by molar-refractivity contribution is 0.628. The van der Waals surface area contributed by atoms with E-state index in [9.17, 15) is 9.18 Å². The summed E-state index contributed by atoms with van der Waals surface area (Å²) in [7, 11) is 0. The molecule has 6 rings (SSSR count). The molecule has 154 valence electrons. The summed E-state index contributed by atoms with van der Waals surface area (Å²) in [6.07, 6.45) is 6.28. The fourth-order valence-electron chi connectivity index (χ4n) is 4.51. The Kier molecular flexibility index (Phi) is 4.24. The van der Waals surface area contributed by atoms with Crippen LogP contribution in [0, 0.1) is 5.82 Å². The smallest absolute Gasteiger partial charge is 0.273 e. The van der Waals surface area contributed by atoms with Crippen LogP contribution in [0.2, 0.25) is 0 Å². The van der Waals surface area contributed by atoms with Crippen LogP contribution in [0.5, 0.6) is 0 Å². The van der Waals surface area contributed by atoms with Crippen molar-refractivity contribution in [3.8, 4) is 11.3 Å². The molecular formula is C24H19FN4OS. The lowest BCUT2D eigenvalue weighted by Crippen LogP contribution is -2.20. The van der Waals surface area contributed by atoms with Crippen molar-refractivity contribution >= 4 is 32.7 Å². The number of aromatic nitrogens is 4. The minimum atomic E-state index is -0.306. The van der Waals surface area contributed by atoms with Crippen molar-refractivity contribution < 1.29 is 4.39 Å². The van der Waals surface area contributed by atoms with Crippen molar-refractivity contribution in [2.24, 2.45) is 0 Å². The summed E-state index contributed by atoms with van der Waals surface area (Å²) >= 11 is 1.14. The van der Waals surface area contributed by atoms with Crippen LogP contribution in [0.15, 0.2) is 53.6 Å². The molecular weight excluding hydrogens is 411 g/mol. The van der Waals surface area contributed by atoms with Gasteiger partial charge in [0.15, 0.2) is 0 Å². The molecule has 0 radical (unpaired) electrons. The van der Waals surface area contributed by atoms with Gasteiger partial charge in [-0.3, -0.25) is 9.36 Å². The second-order valence-electron chi connectivity index (χ2n) is 8.06. The lowest BCUT2D eigenvalue weighted by atomic mass is 9.95. The van der Waals surface area contributed by atoms with Crippen molar-refractivity contribution in [2.45, 2.75) is 32.2 Å². The van der Waals surface area contributed by atoms with Crippen LogP contribution in [0.1, 0.15) is 29.7 Å². The zero-order chi connectivity index (χ0) is 20.9. The van der Waals surface area contributed by atoms with Gasteiger partial charge in [-0.05, 0) is 84.7 Å². The van der Waals surface area contributed by atoms with Gasteiger partial charge >= 0.3 is 0 Å². The van der Waals surface area contributed by atoms with Crippen LogP contribution in [0.4, 0.5) is 4.39 Å². The molecule has 0 amide bonds. The van der Waals surface area contributed by atoms with Crippen molar-refractivity contribution in [3.63, 3.8) is 0 Å². The Labute approximate surface area is 181 Å². The molecule has 5 nitrogen and oxygen atoms in total. The summed E-state index contributed by atoms with van der Waals surface area (Å²) in [6, 6.07) is 12.5. The van der Waals surface area contributed by atoms with Gasteiger partial charge in [0.05, 0.1) is 12.9 Å². The van der Waals surface area contributed by atoms with Gasteiger partial charge in [0.2, 0.25) is 0 Å². The van der Waals surface area contributed by atoms with E-state index in [2.05, 4.69) is 32.5 Å². The second-order valence-corrected chi connectivity index (χ2v) is 8.84. The average molecular weight is 431 g/mol. The van der Waals surface area contributed by atoms with Crippen LogP contribution in [0.3, 0.4) is 0 Å². The van der Waals surface area contributed by atoms with Gasteiger partial charge in [-0.25, -0.2) is 9.37 Å². The van der Waals surface area contributed by atoms with Gasteiger partial charge in [0.1, 0.15) is 21.7 Å². The van der Waals surface area contributed by atoms with Crippen LogP contribution < -0.4 is 5.56 Å². The Hall–Kier alpha value is -3.32. The summed E-state index contributed by atoms with van der Waals surface area (Å²) in [5.74, 6) is -0.306. The monoisotopic (exact) mass is 430 g/mol. The van der Waals surface area contributed by atoms with E-state index in [1.807, 2.05) is 0 Å². The van der Waals surface area contributed by atoms with Crippen molar-refractivity contribution in [2.75, 3.05) is 0 Å². The molecule has 2 aromatic carbocycles. The van der Waals surface area contributed by atoms with E-state index >= 15 is 0 Å². The Morgan fingerprint density at radius 2 is 1.94 bits per heavy atom. The molecule has 7 heteroatoms. The molecule has 1 aliphatic carbocycles. The van der Waals surface area contributed by atoms with Gasteiger partial charge in [-0.15, -0.1) is 0 Å². The predicted molar refractivity (Wildman–Crippen MR) is 121 cm³/mol. The number of halogens is 1. The highest BCUT2D eigenvalue weighted by Crippen LogP contribution is 2.30. The highest BCUT2D eigenvalue weighted by atomic mass is 32.1. The molecule has 0 aliphatic heterocycles. The van der Waals surface area contributed by atoms with Crippen molar-refractivity contribution in [1.82, 2.24) is 18.9 Å². The quantitative estimate of drug-likeness (QED) is 0.435. The SMILES string of the molecule is O=c1c2snc(-c3ccc(F)cc3)c2ncn1Cc1ccc2[nH]c3c(c2c1)CCCC3. The minimum absolute atomic E-state index is 0.105. The van der Waals surface area contributed by atoms with E-state index in [4.69, 9.17) is 0 Å². The Morgan fingerprint density at radius 3 is 2.81 bits per heavy atom. The summed E-state index contributed by atoms with van der Waals surface area (Å²) in [5.41, 5.74) is 6.85. The summed E-state index contributed by atoms with van der Waals surface area (Å²) in [6.45, 7) is 0.460. The van der Waals surface area contributed by atoms with Crippen molar-refractivity contribution in [3.05, 3.63) is 81.8 Å². The molecule has 0 unspecified atom stereocenters. The van der Waals surface area contributed by atoms with E-state index in [0.717, 1.165) is 35.5 Å². The highest BCUT2D eigenvalue weighted by molar-refractivity contribution is 7.13. The maximum Gasteiger partial charge on any atom is 0.273 e. The molecule has 31 heavy (non-hydrogen) atoms. The molecule has 0 bridgehead atoms. The third kappa shape index (κ3) is 3.08. The topological polar surface area (TPSA) is 63.6 Å². The lowest BCUT2D eigenvalue weighted by Gasteiger charge is -2.11. The molecule has 3 heterocycles. The molecule has 3 aromatic heterocycles. The molecule has 0 spiro atoms. The molecule has 0 fully saturated rings. The van der Waals surface area contributed by atoms with Crippen LogP contribution in [-0.2, 0) is 19.4 Å². The fraction of sp³-hybridized carbons (Fsp3) is 0.208. The minimum Gasteiger partial charge on any atom is -0.358 e. The number of benzene rings is 2. The Morgan fingerprint density at radius 1 is 1.10 bits per heavy atom. The van der Waals surface area contributed by atoms with Crippen molar-refractivity contribution in [1.29, 1.82) is 0 Å². The van der Waals surface area contributed by atoms with Crippen LogP contribution in [-0.4, -0.2) is 18.9 Å². The van der Waals surface area contributed by atoms with E-state index in [0.29, 0.717) is 22.5 Å². The number of nitrogens with one attached hydrogen (secondary N) is 1. The first-order chi connectivity index (χ1) is 15.2. The third-order valence-electron chi connectivity index (χ3n) is 6.08. The zero-order valence-corrected chi connectivity index (χ0v) is 17.5. The van der Waals surface area contributed by atoms with Gasteiger partial charge in [-0.2, -0.15) is 4.37 Å². The highest BCUT2D eigenvalue weighted by Gasteiger charge is 2.17. The van der Waals surface area contributed by atoms with Crippen LogP contribution >= 0.6 is 11.5 Å². The predicted octanol–water partition coefficient (Wildman–Crippen LogP) is 5.07. The molecule has 0 saturated carbocycles. The fourth-order valence-corrected chi connectivity index (χ4v) is 5.32. The Balaban J connectivity index is 1.38. The van der Waals surface area contributed by atoms with Gasteiger partial charge < -0.3 is 4.98 Å². The van der Waals surface area contributed by atoms with E-state index in [1.54, 1.807) is 23.0 Å². The number of aromatic amines is 1. The first-order valence-corrected chi connectivity index (χ1v) is 11.2. The molecule has 1 N–H and O–H groups in total. The zero-order valence-electron chi connectivity index (χ0n) is 16.7. The number of fused-ring (bicyclic) bond motifs is 4. The number of hydrogen-bond donors (Lipinski definition) is 1. The number of rotatable bonds is 3. The molecule has 1 aliphatic rings. The first kappa shape index (κ1) is 18.4. The number of hydrogen-bond acceptors (Lipinski definition) is 4. The summed E-state index contributed by atoms with van der Waals surface area (Å²) < 4.78 is 19.8. The maximum atomic E-state index is 13.2. The summed E-state index contributed by atoms with van der Waals surface area (Å²) in [4.78, 5) is 21.2. The van der Waals surface area contributed by atoms with Gasteiger partial charge in [0.25, 0.3) is 5.56 Å². The number of H-pyrrole nitrogens is 1. The molecule has 0 atom stereocenters. The molecule has 0 saturated heterocycles. The normalized spacial score (nSPS) is 13.7. The van der Waals surface area contributed by atoms with E-state index in [1.165, 1.54) is 47.1 Å². The first-order valence-electron chi connectivity index (χ1n) is 10.4. The Bertz CT molecular complexity index is 1500. The van der Waals surface area contributed by atoms with E-state index in [-0.39, 0.29) is 11.4 Å². The van der Waals surface area contributed by atoms with Gasteiger partial charge in [-0.1, -0.05) is 6.07 Å². The molecule has 5 aromatic rings. The second kappa shape index (κ2) is 7.13. The number of aryl methyl sites for hydroxylation is 2. The largest absolute Gasteiger partial charge is 0.358 e. The van der Waals surface area contributed by atoms with Crippen LogP contribution in [0.25, 0.3) is 32.4 Å². The maximum absolute atomic E-state index is 13.2. The third-order valence-corrected chi connectivity index (χ3v) is 6.91. The number of nitrogens with zero attached hydrogens (tertiary/aromatic N) is 3. The van der Waals surface area contributed by atoms with Gasteiger partial charge in [0, 0.05) is 22.2 Å². The average Bonchev–Trinajstić information content (AvgIpc) is 3.38. The van der Waals surface area contributed by atoms with E-state index < -0.39 is 0 Å².